The van der Waals surface area contributed by atoms with Gasteiger partial charge >= 0.3 is 0 Å². The Labute approximate surface area is 106 Å². The molecule has 0 unspecified atom stereocenters. The first-order valence-corrected chi connectivity index (χ1v) is 5.54. The van der Waals surface area contributed by atoms with E-state index in [-0.39, 0.29) is 15.8 Å². The van der Waals surface area contributed by atoms with Crippen molar-refractivity contribution in [2.75, 3.05) is 0 Å². The molecule has 4 nitrogen and oxygen atoms in total. The predicted molar refractivity (Wildman–Crippen MR) is 66.2 cm³/mol. The van der Waals surface area contributed by atoms with E-state index in [1.165, 1.54) is 0 Å². The molecule has 0 aliphatic carbocycles. The summed E-state index contributed by atoms with van der Waals surface area (Å²) >= 11 is 2.94. The molecule has 2 rings (SSSR count). The fourth-order valence-electron chi connectivity index (χ4n) is 1.55. The van der Waals surface area contributed by atoms with E-state index in [9.17, 15) is 20.4 Å². The Morgan fingerprint density at radius 2 is 1.29 bits per heavy atom. The molecule has 0 aromatic heterocycles. The quantitative estimate of drug-likeness (QED) is 0.482. The van der Waals surface area contributed by atoms with Crippen molar-refractivity contribution in [2.45, 2.75) is 0 Å². The fourth-order valence-corrected chi connectivity index (χ4v) is 1.93. The van der Waals surface area contributed by atoms with Crippen molar-refractivity contribution in [1.29, 1.82) is 0 Å². The molecule has 0 heterocycles. The van der Waals surface area contributed by atoms with E-state index in [1.807, 2.05) is 0 Å². The maximum atomic E-state index is 9.86. The van der Waals surface area contributed by atoms with Crippen LogP contribution in [0.2, 0.25) is 0 Å². The van der Waals surface area contributed by atoms with Crippen LogP contribution in [0.4, 0.5) is 0 Å². The third-order valence-electron chi connectivity index (χ3n) is 2.40. The maximum Gasteiger partial charge on any atom is 0.202 e. The zero-order valence-corrected chi connectivity index (χ0v) is 10.1. The number of phenolic OH excluding ortho intramolecular Hbond substituents is 4. The standard InChI is InChI=1S/C12H9BrO4/c13-8-9(14)7(6-4-2-1-3-5-6)10(15)12(17)11(8)16/h1-5,14-17H. The molecule has 0 atom stereocenters. The molecule has 0 radical (unpaired) electrons. The normalized spacial score (nSPS) is 10.4. The number of hydrogen-bond acceptors (Lipinski definition) is 4. The van der Waals surface area contributed by atoms with Crippen molar-refractivity contribution >= 4 is 15.9 Å². The number of phenols is 4. The molecule has 17 heavy (non-hydrogen) atoms. The van der Waals surface area contributed by atoms with Crippen molar-refractivity contribution < 1.29 is 20.4 Å². The number of rotatable bonds is 1. The van der Waals surface area contributed by atoms with Gasteiger partial charge in [-0.3, -0.25) is 0 Å². The summed E-state index contributed by atoms with van der Waals surface area (Å²) in [6.07, 6.45) is 0. The van der Waals surface area contributed by atoms with Crippen LogP contribution in [0.1, 0.15) is 0 Å². The van der Waals surface area contributed by atoms with Crippen LogP contribution in [0.5, 0.6) is 23.0 Å². The molecule has 2 aromatic rings. The lowest BCUT2D eigenvalue weighted by atomic mass is 10.0. The van der Waals surface area contributed by atoms with E-state index >= 15 is 0 Å². The number of hydrogen-bond donors (Lipinski definition) is 4. The van der Waals surface area contributed by atoms with Gasteiger partial charge in [0.1, 0.15) is 10.2 Å². The van der Waals surface area contributed by atoms with Crippen molar-refractivity contribution in [2.24, 2.45) is 0 Å². The van der Waals surface area contributed by atoms with Gasteiger partial charge in [-0.15, -0.1) is 0 Å². The fraction of sp³-hybridized carbons (Fsp3) is 0. The highest BCUT2D eigenvalue weighted by molar-refractivity contribution is 9.10. The van der Waals surface area contributed by atoms with Gasteiger partial charge in [-0.2, -0.15) is 0 Å². The van der Waals surface area contributed by atoms with Gasteiger partial charge in [0.05, 0.1) is 5.56 Å². The first-order valence-electron chi connectivity index (χ1n) is 4.74. The van der Waals surface area contributed by atoms with E-state index in [4.69, 9.17) is 0 Å². The first-order chi connectivity index (χ1) is 8.04. The molecule has 0 aliphatic heterocycles. The van der Waals surface area contributed by atoms with Crippen LogP contribution < -0.4 is 0 Å². The monoisotopic (exact) mass is 296 g/mol. The van der Waals surface area contributed by atoms with Gasteiger partial charge in [0.15, 0.2) is 11.5 Å². The number of halogens is 1. The highest BCUT2D eigenvalue weighted by Crippen LogP contribution is 2.53. The van der Waals surface area contributed by atoms with E-state index in [1.54, 1.807) is 30.3 Å². The molecule has 0 saturated heterocycles. The topological polar surface area (TPSA) is 80.9 Å². The van der Waals surface area contributed by atoms with Gasteiger partial charge < -0.3 is 20.4 Å². The van der Waals surface area contributed by atoms with Gasteiger partial charge in [-0.1, -0.05) is 30.3 Å². The largest absolute Gasteiger partial charge is 0.506 e. The van der Waals surface area contributed by atoms with Crippen molar-refractivity contribution in [3.05, 3.63) is 34.8 Å². The average Bonchev–Trinajstić information content (AvgIpc) is 2.36. The van der Waals surface area contributed by atoms with Crippen LogP contribution in [0.15, 0.2) is 34.8 Å². The Morgan fingerprint density at radius 3 is 1.88 bits per heavy atom. The summed E-state index contributed by atoms with van der Waals surface area (Å²) in [5.41, 5.74) is 0.589. The molecule has 0 amide bonds. The van der Waals surface area contributed by atoms with Crippen LogP contribution in [0, 0.1) is 0 Å². The van der Waals surface area contributed by atoms with Crippen LogP contribution >= 0.6 is 15.9 Å². The molecule has 0 bridgehead atoms. The average molecular weight is 297 g/mol. The van der Waals surface area contributed by atoms with Crippen LogP contribution in [-0.4, -0.2) is 20.4 Å². The lowest BCUT2D eigenvalue weighted by Crippen LogP contribution is -1.84. The minimum absolute atomic E-state index is 0.0628. The Balaban J connectivity index is 2.80. The van der Waals surface area contributed by atoms with Gasteiger partial charge in [0.2, 0.25) is 5.75 Å². The summed E-state index contributed by atoms with van der Waals surface area (Å²) in [6, 6.07) is 8.57. The second-order valence-electron chi connectivity index (χ2n) is 3.45. The minimum Gasteiger partial charge on any atom is -0.506 e. The Hall–Kier alpha value is -1.88. The SMILES string of the molecule is Oc1c(O)c(Br)c(O)c(-c2ccccc2)c1O. The third kappa shape index (κ3) is 1.78. The van der Waals surface area contributed by atoms with Gasteiger partial charge in [-0.25, -0.2) is 0 Å². The molecule has 0 saturated carbocycles. The zero-order chi connectivity index (χ0) is 12.6. The second-order valence-corrected chi connectivity index (χ2v) is 4.24. The predicted octanol–water partition coefficient (Wildman–Crippen LogP) is 2.94. The molecule has 88 valence electrons. The minimum atomic E-state index is -0.673. The molecule has 0 spiro atoms. The first kappa shape index (κ1) is 11.6. The second kappa shape index (κ2) is 4.18. The van der Waals surface area contributed by atoms with Gasteiger partial charge in [0.25, 0.3) is 0 Å². The molecule has 4 N–H and O–H groups in total. The third-order valence-corrected chi connectivity index (χ3v) is 3.15. The summed E-state index contributed by atoms with van der Waals surface area (Å²) in [6.45, 7) is 0. The van der Waals surface area contributed by atoms with Crippen molar-refractivity contribution in [3.63, 3.8) is 0 Å². The van der Waals surface area contributed by atoms with Crippen LogP contribution in [-0.2, 0) is 0 Å². The molecular formula is C12H9BrO4. The van der Waals surface area contributed by atoms with Crippen molar-refractivity contribution in [3.8, 4) is 34.1 Å². The summed E-state index contributed by atoms with van der Waals surface area (Å²) in [5.74, 6) is -2.16. The van der Waals surface area contributed by atoms with Crippen LogP contribution in [0.3, 0.4) is 0 Å². The number of aromatic hydroxyl groups is 4. The lowest BCUT2D eigenvalue weighted by Gasteiger charge is -2.12. The zero-order valence-electron chi connectivity index (χ0n) is 8.55. The summed E-state index contributed by atoms with van der Waals surface area (Å²) in [4.78, 5) is 0. The highest BCUT2D eigenvalue weighted by Gasteiger charge is 2.22. The van der Waals surface area contributed by atoms with E-state index in [0.717, 1.165) is 0 Å². The smallest absolute Gasteiger partial charge is 0.202 e. The van der Waals surface area contributed by atoms with Crippen molar-refractivity contribution in [1.82, 2.24) is 0 Å². The Bertz CT molecular complexity index is 537. The maximum absolute atomic E-state index is 9.86. The number of benzene rings is 2. The van der Waals surface area contributed by atoms with E-state index in [0.29, 0.717) is 5.56 Å². The van der Waals surface area contributed by atoms with Gasteiger partial charge in [-0.05, 0) is 21.5 Å². The Morgan fingerprint density at radius 1 is 0.706 bits per heavy atom. The molecule has 0 aliphatic rings. The summed E-state index contributed by atoms with van der Waals surface area (Å²) < 4.78 is -0.0633. The molecule has 2 aromatic carbocycles. The van der Waals surface area contributed by atoms with Gasteiger partial charge in [0, 0.05) is 0 Å². The molecule has 5 heteroatoms. The summed E-state index contributed by atoms with van der Waals surface area (Å²) in [7, 11) is 0. The summed E-state index contributed by atoms with van der Waals surface area (Å²) in [5, 5.41) is 38.5. The Kier molecular flexibility index (Phi) is 2.85. The molecular weight excluding hydrogens is 288 g/mol. The van der Waals surface area contributed by atoms with Crippen LogP contribution in [0.25, 0.3) is 11.1 Å². The highest BCUT2D eigenvalue weighted by atomic mass is 79.9. The van der Waals surface area contributed by atoms with E-state index < -0.39 is 17.2 Å². The molecule has 0 fully saturated rings. The van der Waals surface area contributed by atoms with E-state index in [2.05, 4.69) is 15.9 Å². The lowest BCUT2D eigenvalue weighted by molar-refractivity contribution is 0.360.